The van der Waals surface area contributed by atoms with Crippen molar-refractivity contribution in [3.05, 3.63) is 0 Å². The lowest BCUT2D eigenvalue weighted by molar-refractivity contribution is 0.0752. The first kappa shape index (κ1) is 12.3. The van der Waals surface area contributed by atoms with Crippen LogP contribution >= 0.6 is 0 Å². The molecule has 1 aliphatic rings. The van der Waals surface area contributed by atoms with Gasteiger partial charge in [0.15, 0.2) is 0 Å². The quantitative estimate of drug-likeness (QED) is 0.777. The Bertz CT molecular complexity index is 208. The fraction of sp³-hybridized carbons (Fsp3) is 0.909. The summed E-state index contributed by atoms with van der Waals surface area (Å²) in [4.78, 5) is 13.2. The smallest absolute Gasteiger partial charge is 0.410 e. The fourth-order valence-corrected chi connectivity index (χ4v) is 2.03. The van der Waals surface area contributed by atoms with Crippen molar-refractivity contribution in [1.29, 1.82) is 0 Å². The molecule has 15 heavy (non-hydrogen) atoms. The molecule has 1 aliphatic heterocycles. The summed E-state index contributed by atoms with van der Waals surface area (Å²) in [6.07, 6.45) is 3.01. The van der Waals surface area contributed by atoms with E-state index in [1.54, 1.807) is 11.8 Å². The number of nitrogens with zero attached hydrogens (tertiary/aromatic N) is 1. The van der Waals surface area contributed by atoms with Crippen LogP contribution in [0.4, 0.5) is 4.79 Å². The van der Waals surface area contributed by atoms with Crippen molar-refractivity contribution < 1.29 is 14.6 Å². The third kappa shape index (κ3) is 3.09. The molecule has 1 rings (SSSR count). The van der Waals surface area contributed by atoms with Crippen LogP contribution in [0.2, 0.25) is 0 Å². The molecule has 0 radical (unpaired) electrons. The van der Waals surface area contributed by atoms with Crippen LogP contribution in [0, 0.1) is 0 Å². The number of rotatable bonds is 4. The van der Waals surface area contributed by atoms with E-state index in [4.69, 9.17) is 4.74 Å². The molecular formula is C11H21NO3. The van der Waals surface area contributed by atoms with Crippen molar-refractivity contribution >= 4 is 6.09 Å². The molecule has 0 aromatic carbocycles. The average Bonchev–Trinajstić information content (AvgIpc) is 2.57. The standard InChI is InChI=1S/C11H21NO3/c1-3-5-6-9-10(13)7-8-12(9)11(14)15-4-2/h9-10,13H,3-8H2,1-2H3. The highest BCUT2D eigenvalue weighted by Gasteiger charge is 2.35. The summed E-state index contributed by atoms with van der Waals surface area (Å²) in [7, 11) is 0. The van der Waals surface area contributed by atoms with Gasteiger partial charge in [-0.15, -0.1) is 0 Å². The van der Waals surface area contributed by atoms with Gasteiger partial charge >= 0.3 is 6.09 Å². The Balaban J connectivity index is 2.50. The molecule has 1 saturated heterocycles. The number of aliphatic hydroxyl groups excluding tert-OH is 1. The molecular weight excluding hydrogens is 194 g/mol. The lowest BCUT2D eigenvalue weighted by Crippen LogP contribution is -2.39. The summed E-state index contributed by atoms with van der Waals surface area (Å²) in [6, 6.07) is -0.0380. The molecule has 0 aromatic heterocycles. The summed E-state index contributed by atoms with van der Waals surface area (Å²) in [5.74, 6) is 0. The lowest BCUT2D eigenvalue weighted by Gasteiger charge is -2.25. The Kier molecular flexibility index (Phi) is 4.88. The molecule has 1 fully saturated rings. The van der Waals surface area contributed by atoms with Crippen LogP contribution in [0.25, 0.3) is 0 Å². The number of aliphatic hydroxyl groups is 1. The first-order chi connectivity index (χ1) is 7.20. The summed E-state index contributed by atoms with van der Waals surface area (Å²) in [5.41, 5.74) is 0. The summed E-state index contributed by atoms with van der Waals surface area (Å²) in [5, 5.41) is 9.75. The van der Waals surface area contributed by atoms with E-state index in [9.17, 15) is 9.90 Å². The second kappa shape index (κ2) is 5.95. The zero-order chi connectivity index (χ0) is 11.3. The van der Waals surface area contributed by atoms with Crippen LogP contribution in [0.1, 0.15) is 39.5 Å². The van der Waals surface area contributed by atoms with Gasteiger partial charge in [0.25, 0.3) is 0 Å². The number of ether oxygens (including phenoxy) is 1. The number of amides is 1. The minimum absolute atomic E-state index is 0.0380. The molecule has 0 aromatic rings. The van der Waals surface area contributed by atoms with Crippen LogP contribution in [0.5, 0.6) is 0 Å². The lowest BCUT2D eigenvalue weighted by atomic mass is 10.1. The Morgan fingerprint density at radius 1 is 1.53 bits per heavy atom. The number of likely N-dealkylation sites (tertiary alicyclic amines) is 1. The highest BCUT2D eigenvalue weighted by atomic mass is 16.6. The molecule has 4 nitrogen and oxygen atoms in total. The molecule has 0 aliphatic carbocycles. The Hall–Kier alpha value is -0.770. The summed E-state index contributed by atoms with van der Waals surface area (Å²) < 4.78 is 4.96. The molecule has 2 unspecified atom stereocenters. The number of carbonyl (C=O) groups excluding carboxylic acids is 1. The van der Waals surface area contributed by atoms with Crippen molar-refractivity contribution in [3.63, 3.8) is 0 Å². The van der Waals surface area contributed by atoms with Crippen LogP contribution in [0.3, 0.4) is 0 Å². The predicted molar refractivity (Wildman–Crippen MR) is 57.7 cm³/mol. The molecule has 4 heteroatoms. The van der Waals surface area contributed by atoms with E-state index in [0.29, 0.717) is 19.6 Å². The normalized spacial score (nSPS) is 25.7. The summed E-state index contributed by atoms with van der Waals surface area (Å²) >= 11 is 0. The number of hydrogen-bond donors (Lipinski definition) is 1. The van der Waals surface area contributed by atoms with Gasteiger partial charge in [-0.05, 0) is 19.8 Å². The molecule has 0 bridgehead atoms. The largest absolute Gasteiger partial charge is 0.450 e. The molecule has 88 valence electrons. The minimum atomic E-state index is -0.374. The highest BCUT2D eigenvalue weighted by molar-refractivity contribution is 5.68. The topological polar surface area (TPSA) is 49.8 Å². The maximum atomic E-state index is 11.6. The zero-order valence-corrected chi connectivity index (χ0v) is 9.61. The Morgan fingerprint density at radius 2 is 2.27 bits per heavy atom. The van der Waals surface area contributed by atoms with E-state index < -0.39 is 0 Å². The van der Waals surface area contributed by atoms with E-state index in [-0.39, 0.29) is 18.2 Å². The zero-order valence-electron chi connectivity index (χ0n) is 9.61. The summed E-state index contributed by atoms with van der Waals surface area (Å²) in [6.45, 7) is 4.92. The van der Waals surface area contributed by atoms with Gasteiger partial charge < -0.3 is 14.7 Å². The van der Waals surface area contributed by atoms with Gasteiger partial charge in [0.05, 0.1) is 18.8 Å². The monoisotopic (exact) mass is 215 g/mol. The molecule has 1 N–H and O–H groups in total. The highest BCUT2D eigenvalue weighted by Crippen LogP contribution is 2.23. The Labute approximate surface area is 91.2 Å². The molecule has 2 atom stereocenters. The van der Waals surface area contributed by atoms with Gasteiger partial charge in [-0.1, -0.05) is 19.8 Å². The average molecular weight is 215 g/mol. The van der Waals surface area contributed by atoms with E-state index in [2.05, 4.69) is 6.92 Å². The van der Waals surface area contributed by atoms with Crippen LogP contribution in [0.15, 0.2) is 0 Å². The van der Waals surface area contributed by atoms with Gasteiger partial charge in [0, 0.05) is 6.54 Å². The van der Waals surface area contributed by atoms with Crippen LogP contribution < -0.4 is 0 Å². The third-order valence-corrected chi connectivity index (χ3v) is 2.87. The number of hydrogen-bond acceptors (Lipinski definition) is 3. The second-order valence-electron chi connectivity index (χ2n) is 3.96. The van der Waals surface area contributed by atoms with E-state index in [0.717, 1.165) is 19.3 Å². The van der Waals surface area contributed by atoms with E-state index >= 15 is 0 Å². The maximum Gasteiger partial charge on any atom is 0.410 e. The first-order valence-corrected chi connectivity index (χ1v) is 5.82. The van der Waals surface area contributed by atoms with Crippen molar-refractivity contribution in [2.75, 3.05) is 13.2 Å². The molecule has 0 spiro atoms. The van der Waals surface area contributed by atoms with E-state index in [1.807, 2.05) is 0 Å². The van der Waals surface area contributed by atoms with Crippen LogP contribution in [-0.2, 0) is 4.74 Å². The van der Waals surface area contributed by atoms with Gasteiger partial charge in [-0.3, -0.25) is 0 Å². The third-order valence-electron chi connectivity index (χ3n) is 2.87. The van der Waals surface area contributed by atoms with E-state index in [1.165, 1.54) is 0 Å². The van der Waals surface area contributed by atoms with Gasteiger partial charge in [0.1, 0.15) is 0 Å². The van der Waals surface area contributed by atoms with Crippen molar-refractivity contribution in [2.24, 2.45) is 0 Å². The van der Waals surface area contributed by atoms with Crippen molar-refractivity contribution in [2.45, 2.75) is 51.7 Å². The molecule has 1 heterocycles. The number of carbonyl (C=O) groups is 1. The SMILES string of the molecule is CCCCC1C(O)CCN1C(=O)OCC. The molecule has 1 amide bonds. The van der Waals surface area contributed by atoms with Crippen molar-refractivity contribution in [3.8, 4) is 0 Å². The van der Waals surface area contributed by atoms with Crippen LogP contribution in [-0.4, -0.2) is 41.4 Å². The molecule has 0 saturated carbocycles. The van der Waals surface area contributed by atoms with Crippen molar-refractivity contribution in [1.82, 2.24) is 4.90 Å². The van der Waals surface area contributed by atoms with Gasteiger partial charge in [-0.2, -0.15) is 0 Å². The predicted octanol–water partition coefficient (Wildman–Crippen LogP) is 1.77. The Morgan fingerprint density at radius 3 is 2.87 bits per heavy atom. The number of unbranched alkanes of at least 4 members (excludes halogenated alkanes) is 1. The first-order valence-electron chi connectivity index (χ1n) is 5.82. The van der Waals surface area contributed by atoms with Gasteiger partial charge in [-0.25, -0.2) is 4.79 Å². The fourth-order valence-electron chi connectivity index (χ4n) is 2.03. The maximum absolute atomic E-state index is 11.6. The second-order valence-corrected chi connectivity index (χ2v) is 3.96. The minimum Gasteiger partial charge on any atom is -0.450 e. The van der Waals surface area contributed by atoms with Gasteiger partial charge in [0.2, 0.25) is 0 Å².